The molecule has 1 aromatic carbocycles. The van der Waals surface area contributed by atoms with Crippen LogP contribution in [0.1, 0.15) is 35.5 Å². The van der Waals surface area contributed by atoms with Crippen LogP contribution in [0.5, 0.6) is 0 Å². The van der Waals surface area contributed by atoms with E-state index in [2.05, 4.69) is 36.2 Å². The number of pyridine rings is 1. The Balaban J connectivity index is 2.03. The minimum atomic E-state index is -4.38. The van der Waals surface area contributed by atoms with Crippen LogP contribution in [-0.2, 0) is 6.18 Å². The third-order valence-electron chi connectivity index (χ3n) is 4.16. The summed E-state index contributed by atoms with van der Waals surface area (Å²) in [6.45, 7) is 5.05. The highest BCUT2D eigenvalue weighted by Crippen LogP contribution is 2.35. The zero-order valence-corrected chi connectivity index (χ0v) is 15.9. The van der Waals surface area contributed by atoms with Crippen molar-refractivity contribution in [2.45, 2.75) is 33.0 Å². The highest BCUT2D eigenvalue weighted by Gasteiger charge is 2.33. The molecule has 0 spiro atoms. The number of rotatable bonds is 3. The molecule has 0 aliphatic heterocycles. The number of fused-ring (bicyclic) bond motifs is 1. The summed E-state index contributed by atoms with van der Waals surface area (Å²) >= 11 is 3.32. The highest BCUT2D eigenvalue weighted by molar-refractivity contribution is 9.10. The van der Waals surface area contributed by atoms with Crippen LogP contribution in [0.15, 0.2) is 35.1 Å². The Hall–Kier alpha value is -2.22. The van der Waals surface area contributed by atoms with Gasteiger partial charge in [0.1, 0.15) is 16.2 Å². The van der Waals surface area contributed by atoms with Gasteiger partial charge >= 0.3 is 6.18 Å². The zero-order valence-electron chi connectivity index (χ0n) is 14.3. The van der Waals surface area contributed by atoms with E-state index < -0.39 is 11.7 Å². The third-order valence-corrected chi connectivity index (χ3v) is 4.60. The number of aromatic nitrogens is 3. The monoisotopic (exact) mass is 424 g/mol. The Kier molecular flexibility index (Phi) is 4.88. The molecule has 3 aromatic rings. The number of nitrogens with one attached hydrogen (secondary N) is 1. The Bertz CT molecular complexity index is 973. The van der Waals surface area contributed by atoms with Gasteiger partial charge in [-0.15, -0.1) is 0 Å². The van der Waals surface area contributed by atoms with Crippen LogP contribution in [-0.4, -0.2) is 15.0 Å². The van der Waals surface area contributed by atoms with Gasteiger partial charge in [0.05, 0.1) is 23.3 Å². The van der Waals surface area contributed by atoms with Gasteiger partial charge < -0.3 is 5.32 Å². The van der Waals surface area contributed by atoms with Gasteiger partial charge in [-0.05, 0) is 60.0 Å². The summed E-state index contributed by atoms with van der Waals surface area (Å²) in [7, 11) is 0. The number of hydrogen-bond acceptors (Lipinski definition) is 4. The van der Waals surface area contributed by atoms with Crippen molar-refractivity contribution < 1.29 is 13.2 Å². The topological polar surface area (TPSA) is 50.7 Å². The van der Waals surface area contributed by atoms with E-state index >= 15 is 0 Å². The summed E-state index contributed by atoms with van der Waals surface area (Å²) in [6.07, 6.45) is -2.76. The molecule has 0 bridgehead atoms. The van der Waals surface area contributed by atoms with Gasteiger partial charge in [-0.2, -0.15) is 13.2 Å². The van der Waals surface area contributed by atoms with Gasteiger partial charge in [-0.1, -0.05) is 12.1 Å². The maximum absolute atomic E-state index is 13.2. The Morgan fingerprint density at radius 2 is 1.88 bits per heavy atom. The first kappa shape index (κ1) is 18.6. The quantitative estimate of drug-likeness (QED) is 0.556. The molecule has 0 amide bonds. The van der Waals surface area contributed by atoms with Gasteiger partial charge in [-0.3, -0.25) is 0 Å². The van der Waals surface area contributed by atoms with Gasteiger partial charge in [-0.25, -0.2) is 15.0 Å². The fraction of sp³-hybridized carbons (Fsp3) is 0.278. The largest absolute Gasteiger partial charge is 0.416 e. The van der Waals surface area contributed by atoms with E-state index in [1.165, 1.54) is 13.0 Å². The Labute approximate surface area is 157 Å². The Morgan fingerprint density at radius 1 is 1.15 bits per heavy atom. The van der Waals surface area contributed by atoms with E-state index in [1.54, 1.807) is 25.3 Å². The van der Waals surface area contributed by atoms with Gasteiger partial charge in [0.15, 0.2) is 0 Å². The van der Waals surface area contributed by atoms with E-state index in [0.717, 1.165) is 11.5 Å². The first-order chi connectivity index (χ1) is 12.2. The van der Waals surface area contributed by atoms with Crippen molar-refractivity contribution in [3.05, 3.63) is 57.6 Å². The minimum Gasteiger partial charge on any atom is -0.363 e. The molecule has 1 atom stereocenters. The van der Waals surface area contributed by atoms with Crippen LogP contribution in [0.2, 0.25) is 0 Å². The number of alkyl halides is 3. The van der Waals surface area contributed by atoms with E-state index in [4.69, 9.17) is 0 Å². The number of benzene rings is 1. The highest BCUT2D eigenvalue weighted by atomic mass is 79.9. The molecule has 26 heavy (non-hydrogen) atoms. The van der Waals surface area contributed by atoms with Crippen molar-refractivity contribution in [2.24, 2.45) is 0 Å². The van der Waals surface area contributed by atoms with E-state index in [9.17, 15) is 13.2 Å². The zero-order chi connectivity index (χ0) is 19.1. The molecule has 8 heteroatoms. The van der Waals surface area contributed by atoms with Gasteiger partial charge in [0, 0.05) is 5.39 Å². The second-order valence-corrected chi connectivity index (χ2v) is 6.84. The lowest BCUT2D eigenvalue weighted by molar-refractivity contribution is -0.138. The second-order valence-electron chi connectivity index (χ2n) is 6.03. The molecule has 2 heterocycles. The predicted molar refractivity (Wildman–Crippen MR) is 98.0 cm³/mol. The molecule has 0 radical (unpaired) electrons. The Morgan fingerprint density at radius 3 is 2.58 bits per heavy atom. The molecule has 0 saturated heterocycles. The maximum atomic E-state index is 13.2. The lowest BCUT2D eigenvalue weighted by Crippen LogP contribution is -2.14. The molecule has 0 saturated carbocycles. The number of nitrogens with zero attached hydrogens (tertiary/aromatic N) is 3. The van der Waals surface area contributed by atoms with Crippen LogP contribution in [0, 0.1) is 13.8 Å². The average molecular weight is 425 g/mol. The van der Waals surface area contributed by atoms with Crippen molar-refractivity contribution in [3.63, 3.8) is 0 Å². The van der Waals surface area contributed by atoms with Crippen molar-refractivity contribution >= 4 is 32.7 Å². The van der Waals surface area contributed by atoms with Crippen LogP contribution in [0.4, 0.5) is 19.0 Å². The van der Waals surface area contributed by atoms with E-state index in [1.807, 2.05) is 6.92 Å². The molecule has 0 fully saturated rings. The maximum Gasteiger partial charge on any atom is 0.416 e. The number of anilines is 1. The van der Waals surface area contributed by atoms with Crippen molar-refractivity contribution in [2.75, 3.05) is 5.32 Å². The molecule has 0 aliphatic carbocycles. The van der Waals surface area contributed by atoms with E-state index in [-0.39, 0.29) is 11.6 Å². The number of aryl methyl sites for hydroxylation is 1. The molecular weight excluding hydrogens is 409 g/mol. The normalized spacial score (nSPS) is 13.0. The molecule has 4 nitrogen and oxygen atoms in total. The second kappa shape index (κ2) is 6.83. The average Bonchev–Trinajstić information content (AvgIpc) is 2.54. The molecular formula is C18H16BrF3N4. The van der Waals surface area contributed by atoms with E-state index in [0.29, 0.717) is 27.3 Å². The predicted octanol–water partition coefficient (Wildman–Crippen LogP) is 5.60. The summed E-state index contributed by atoms with van der Waals surface area (Å²) in [6, 6.07) is 5.62. The molecule has 0 aliphatic rings. The molecule has 1 N–H and O–H groups in total. The van der Waals surface area contributed by atoms with Crippen molar-refractivity contribution in [1.82, 2.24) is 15.0 Å². The fourth-order valence-electron chi connectivity index (χ4n) is 2.95. The van der Waals surface area contributed by atoms with Gasteiger partial charge in [0.2, 0.25) is 0 Å². The number of halogens is 4. The molecule has 0 unspecified atom stereocenters. The molecule has 3 rings (SSSR count). The lowest BCUT2D eigenvalue weighted by Gasteiger charge is -2.21. The van der Waals surface area contributed by atoms with Crippen LogP contribution < -0.4 is 5.32 Å². The SMILES string of the molecule is Cc1nc(N[C@H](C)c2cccc(C(F)(F)F)c2C)c2cc(Br)ncc2n1. The number of hydrogen-bond donors (Lipinski definition) is 1. The van der Waals surface area contributed by atoms with Gasteiger partial charge in [0.25, 0.3) is 0 Å². The standard InChI is InChI=1S/C18H16BrF3N4/c1-9-12(5-4-6-14(9)18(20,21)22)10(2)24-17-13-7-16(19)23-8-15(13)25-11(3)26-17/h4-8,10H,1-3H3,(H,24,25,26)/t10-/m1/s1. The first-order valence-electron chi connectivity index (χ1n) is 7.90. The summed E-state index contributed by atoms with van der Waals surface area (Å²) in [4.78, 5) is 12.9. The van der Waals surface area contributed by atoms with Crippen LogP contribution in [0.25, 0.3) is 10.9 Å². The third kappa shape index (κ3) is 3.65. The minimum absolute atomic E-state index is 0.206. The first-order valence-corrected chi connectivity index (χ1v) is 8.69. The van der Waals surface area contributed by atoms with Crippen LogP contribution >= 0.6 is 15.9 Å². The van der Waals surface area contributed by atoms with Crippen molar-refractivity contribution in [3.8, 4) is 0 Å². The summed E-state index contributed by atoms with van der Waals surface area (Å²) in [5.74, 6) is 1.11. The van der Waals surface area contributed by atoms with Crippen LogP contribution in [0.3, 0.4) is 0 Å². The lowest BCUT2D eigenvalue weighted by atomic mass is 9.97. The molecule has 136 valence electrons. The fourth-order valence-corrected chi connectivity index (χ4v) is 3.28. The van der Waals surface area contributed by atoms with Crippen molar-refractivity contribution in [1.29, 1.82) is 0 Å². The molecule has 2 aromatic heterocycles. The summed E-state index contributed by atoms with van der Waals surface area (Å²) in [5.41, 5.74) is 0.811. The summed E-state index contributed by atoms with van der Waals surface area (Å²) in [5, 5.41) is 3.97. The smallest absolute Gasteiger partial charge is 0.363 e. The summed E-state index contributed by atoms with van der Waals surface area (Å²) < 4.78 is 40.1.